The summed E-state index contributed by atoms with van der Waals surface area (Å²) < 4.78 is 12.4. The summed E-state index contributed by atoms with van der Waals surface area (Å²) in [5.74, 6) is 1.24. The quantitative estimate of drug-likeness (QED) is 0.768. The molecular weight excluding hydrogens is 408 g/mol. The SMILES string of the molecule is COc1cc(Br)c(C(O)Cc2ccc(Br)s2)cc1OC. The van der Waals surface area contributed by atoms with E-state index in [9.17, 15) is 5.11 Å². The Morgan fingerprint density at radius 3 is 2.35 bits per heavy atom. The average molecular weight is 422 g/mol. The number of halogens is 2. The molecule has 0 spiro atoms. The second-order valence-corrected chi connectivity index (χ2v) is 7.56. The van der Waals surface area contributed by atoms with Crippen molar-refractivity contribution in [3.8, 4) is 11.5 Å². The van der Waals surface area contributed by atoms with Crippen molar-refractivity contribution in [2.75, 3.05) is 14.2 Å². The van der Waals surface area contributed by atoms with Gasteiger partial charge in [0.05, 0.1) is 24.1 Å². The first kappa shape index (κ1) is 15.8. The van der Waals surface area contributed by atoms with E-state index in [0.29, 0.717) is 17.9 Å². The summed E-state index contributed by atoms with van der Waals surface area (Å²) in [5.41, 5.74) is 0.784. The molecule has 3 nitrogen and oxygen atoms in total. The number of benzene rings is 1. The summed E-state index contributed by atoms with van der Waals surface area (Å²) >= 11 is 8.51. The Morgan fingerprint density at radius 1 is 1.15 bits per heavy atom. The van der Waals surface area contributed by atoms with Crippen molar-refractivity contribution in [2.45, 2.75) is 12.5 Å². The minimum atomic E-state index is -0.602. The normalized spacial score (nSPS) is 12.2. The first-order chi connectivity index (χ1) is 9.55. The zero-order valence-electron chi connectivity index (χ0n) is 11.0. The van der Waals surface area contributed by atoms with Crippen molar-refractivity contribution in [1.82, 2.24) is 0 Å². The Labute approximate surface area is 138 Å². The zero-order chi connectivity index (χ0) is 14.7. The molecule has 2 rings (SSSR count). The van der Waals surface area contributed by atoms with Crippen LogP contribution in [0, 0.1) is 0 Å². The first-order valence-electron chi connectivity index (χ1n) is 5.89. The summed E-state index contributed by atoms with van der Waals surface area (Å²) in [4.78, 5) is 1.12. The Bertz CT molecular complexity index is 598. The lowest BCUT2D eigenvalue weighted by Gasteiger charge is -2.15. The number of hydrogen-bond acceptors (Lipinski definition) is 4. The van der Waals surface area contributed by atoms with Crippen LogP contribution in [0.2, 0.25) is 0 Å². The molecule has 0 bridgehead atoms. The van der Waals surface area contributed by atoms with Gasteiger partial charge in [-0.15, -0.1) is 11.3 Å². The fourth-order valence-corrected chi connectivity index (χ4v) is 3.99. The molecule has 2 aromatic rings. The molecule has 0 amide bonds. The molecule has 108 valence electrons. The molecule has 1 N–H and O–H groups in total. The van der Waals surface area contributed by atoms with Crippen LogP contribution in [0.25, 0.3) is 0 Å². The molecule has 1 aromatic carbocycles. The van der Waals surface area contributed by atoms with E-state index in [0.717, 1.165) is 18.7 Å². The van der Waals surface area contributed by atoms with Crippen LogP contribution in [0.3, 0.4) is 0 Å². The van der Waals surface area contributed by atoms with Gasteiger partial charge in [0.2, 0.25) is 0 Å². The summed E-state index contributed by atoms with van der Waals surface area (Å²) in [6.45, 7) is 0. The highest BCUT2D eigenvalue weighted by Gasteiger charge is 2.17. The average Bonchev–Trinajstić information content (AvgIpc) is 2.83. The highest BCUT2D eigenvalue weighted by Crippen LogP contribution is 2.37. The highest BCUT2D eigenvalue weighted by molar-refractivity contribution is 9.11. The van der Waals surface area contributed by atoms with Crippen molar-refractivity contribution in [2.24, 2.45) is 0 Å². The van der Waals surface area contributed by atoms with E-state index >= 15 is 0 Å². The number of rotatable bonds is 5. The molecule has 0 radical (unpaired) electrons. The van der Waals surface area contributed by atoms with Gasteiger partial charge in [-0.2, -0.15) is 0 Å². The van der Waals surface area contributed by atoms with E-state index in [1.807, 2.05) is 18.2 Å². The molecule has 1 unspecified atom stereocenters. The monoisotopic (exact) mass is 420 g/mol. The molecule has 6 heteroatoms. The Hall–Kier alpha value is -0.560. The van der Waals surface area contributed by atoms with E-state index < -0.39 is 6.10 Å². The lowest BCUT2D eigenvalue weighted by molar-refractivity contribution is 0.178. The van der Waals surface area contributed by atoms with Crippen molar-refractivity contribution in [1.29, 1.82) is 0 Å². The minimum absolute atomic E-state index is 0.560. The number of aliphatic hydroxyl groups excluding tert-OH is 1. The lowest BCUT2D eigenvalue weighted by atomic mass is 10.1. The predicted molar refractivity (Wildman–Crippen MR) is 87.9 cm³/mol. The molecule has 20 heavy (non-hydrogen) atoms. The standard InChI is InChI=1S/C14H14Br2O3S/c1-18-12-6-9(10(15)7-13(12)19-2)11(17)5-8-3-4-14(16)20-8/h3-4,6-7,11,17H,5H2,1-2H3. The van der Waals surface area contributed by atoms with E-state index in [1.165, 1.54) is 0 Å². The topological polar surface area (TPSA) is 38.7 Å². The van der Waals surface area contributed by atoms with Crippen LogP contribution in [0.4, 0.5) is 0 Å². The van der Waals surface area contributed by atoms with Gasteiger partial charge >= 0.3 is 0 Å². The molecule has 0 aliphatic carbocycles. The highest BCUT2D eigenvalue weighted by atomic mass is 79.9. The number of ether oxygens (including phenoxy) is 2. The van der Waals surface area contributed by atoms with Crippen molar-refractivity contribution >= 4 is 43.2 Å². The van der Waals surface area contributed by atoms with Gasteiger partial charge in [-0.3, -0.25) is 0 Å². The van der Waals surface area contributed by atoms with Crippen molar-refractivity contribution in [3.63, 3.8) is 0 Å². The van der Waals surface area contributed by atoms with E-state index in [2.05, 4.69) is 31.9 Å². The second-order valence-electron chi connectivity index (χ2n) is 4.15. The number of methoxy groups -OCH3 is 2. The van der Waals surface area contributed by atoms with E-state index in [-0.39, 0.29) is 0 Å². The molecule has 0 saturated heterocycles. The molecule has 1 atom stereocenters. The van der Waals surface area contributed by atoms with Gasteiger partial charge in [0.15, 0.2) is 11.5 Å². The zero-order valence-corrected chi connectivity index (χ0v) is 15.0. The fraction of sp³-hybridized carbons (Fsp3) is 0.286. The molecule has 0 fully saturated rings. The molecule has 0 aliphatic heterocycles. The third kappa shape index (κ3) is 3.55. The lowest BCUT2D eigenvalue weighted by Crippen LogP contribution is -2.03. The fourth-order valence-electron chi connectivity index (χ4n) is 1.89. The van der Waals surface area contributed by atoms with Gasteiger partial charge < -0.3 is 14.6 Å². The van der Waals surface area contributed by atoms with Crippen LogP contribution in [0.15, 0.2) is 32.5 Å². The minimum Gasteiger partial charge on any atom is -0.493 e. The van der Waals surface area contributed by atoms with Crippen LogP contribution in [0.1, 0.15) is 16.5 Å². The summed E-state index contributed by atoms with van der Waals surface area (Å²) in [6, 6.07) is 7.60. The van der Waals surface area contributed by atoms with Gasteiger partial charge in [0, 0.05) is 15.8 Å². The molecule has 0 saturated carbocycles. The Morgan fingerprint density at radius 2 is 1.80 bits per heavy atom. The number of thiophene rings is 1. The molecule has 0 aliphatic rings. The second kappa shape index (κ2) is 6.93. The molecule has 1 aromatic heterocycles. The summed E-state index contributed by atoms with van der Waals surface area (Å²) in [5, 5.41) is 10.4. The van der Waals surface area contributed by atoms with E-state index in [4.69, 9.17) is 9.47 Å². The van der Waals surface area contributed by atoms with Gasteiger partial charge in [0.25, 0.3) is 0 Å². The Kier molecular flexibility index (Phi) is 5.49. The largest absolute Gasteiger partial charge is 0.493 e. The maximum Gasteiger partial charge on any atom is 0.161 e. The van der Waals surface area contributed by atoms with Crippen molar-refractivity contribution < 1.29 is 14.6 Å². The maximum atomic E-state index is 10.4. The number of aliphatic hydroxyl groups is 1. The summed E-state index contributed by atoms with van der Waals surface area (Å²) in [6.07, 6.45) is -0.0422. The third-order valence-corrected chi connectivity index (χ3v) is 5.22. The van der Waals surface area contributed by atoms with Crippen LogP contribution in [-0.4, -0.2) is 19.3 Å². The van der Waals surface area contributed by atoms with Gasteiger partial charge in [-0.25, -0.2) is 0 Å². The van der Waals surface area contributed by atoms with Crippen LogP contribution < -0.4 is 9.47 Å². The first-order valence-corrected chi connectivity index (χ1v) is 8.29. The van der Waals surface area contributed by atoms with Crippen molar-refractivity contribution in [3.05, 3.63) is 43.0 Å². The van der Waals surface area contributed by atoms with Gasteiger partial charge in [-0.05, 0) is 45.8 Å². The van der Waals surface area contributed by atoms with Crippen LogP contribution >= 0.6 is 43.2 Å². The van der Waals surface area contributed by atoms with Crippen LogP contribution in [-0.2, 0) is 6.42 Å². The van der Waals surface area contributed by atoms with Gasteiger partial charge in [-0.1, -0.05) is 15.9 Å². The van der Waals surface area contributed by atoms with Gasteiger partial charge in [0.1, 0.15) is 0 Å². The Balaban J connectivity index is 2.27. The van der Waals surface area contributed by atoms with Crippen LogP contribution in [0.5, 0.6) is 11.5 Å². The number of hydrogen-bond donors (Lipinski definition) is 1. The maximum absolute atomic E-state index is 10.4. The molecule has 1 heterocycles. The van der Waals surface area contributed by atoms with E-state index in [1.54, 1.807) is 31.6 Å². The molecular formula is C14H14Br2O3S. The summed E-state index contributed by atoms with van der Waals surface area (Å²) in [7, 11) is 3.17. The smallest absolute Gasteiger partial charge is 0.161 e. The predicted octanol–water partition coefficient (Wildman–Crippen LogP) is 4.57. The third-order valence-electron chi connectivity index (χ3n) is 2.89.